The predicted octanol–water partition coefficient (Wildman–Crippen LogP) is 3.47. The number of halogens is 3. The molecule has 0 aliphatic rings. The zero-order valence-electron chi connectivity index (χ0n) is 16.4. The standard InChI is InChI=1S/C21H17F3N2O5/c1-12-6-7-16(18(27)25-11-17-15(8-9-31-17)20(29)30-2)19(28)26(12)14-5-3-4-13(10-14)21(22,23)24/h3-10H,11H2,1-2H3,(H,25,27). The van der Waals surface area contributed by atoms with Crippen molar-refractivity contribution in [2.75, 3.05) is 7.11 Å². The second kappa shape index (κ2) is 8.50. The molecule has 2 aromatic heterocycles. The summed E-state index contributed by atoms with van der Waals surface area (Å²) in [7, 11) is 1.19. The second-order valence-electron chi connectivity index (χ2n) is 6.51. The summed E-state index contributed by atoms with van der Waals surface area (Å²) in [5.41, 5.74) is -1.54. The molecule has 31 heavy (non-hydrogen) atoms. The number of nitrogens with zero attached hydrogens (tertiary/aromatic N) is 1. The minimum Gasteiger partial charge on any atom is -0.467 e. The average Bonchev–Trinajstić information content (AvgIpc) is 3.20. The number of esters is 1. The fourth-order valence-electron chi connectivity index (χ4n) is 2.97. The molecule has 2 heterocycles. The van der Waals surface area contributed by atoms with Gasteiger partial charge in [0, 0.05) is 11.4 Å². The number of amides is 1. The molecule has 0 atom stereocenters. The maximum Gasteiger partial charge on any atom is 0.416 e. The molecule has 0 fully saturated rings. The van der Waals surface area contributed by atoms with Crippen molar-refractivity contribution in [2.45, 2.75) is 19.6 Å². The van der Waals surface area contributed by atoms with E-state index in [1.807, 2.05) is 0 Å². The maximum absolute atomic E-state index is 13.0. The van der Waals surface area contributed by atoms with Crippen LogP contribution in [0.2, 0.25) is 0 Å². The number of aromatic nitrogens is 1. The fraction of sp³-hybridized carbons (Fsp3) is 0.190. The Labute approximate surface area is 174 Å². The largest absolute Gasteiger partial charge is 0.467 e. The van der Waals surface area contributed by atoms with E-state index >= 15 is 0 Å². The summed E-state index contributed by atoms with van der Waals surface area (Å²) in [6.45, 7) is 1.34. The third-order valence-electron chi connectivity index (χ3n) is 4.51. The van der Waals surface area contributed by atoms with Crippen molar-refractivity contribution >= 4 is 11.9 Å². The quantitative estimate of drug-likeness (QED) is 0.621. The van der Waals surface area contributed by atoms with Crippen LogP contribution in [0, 0.1) is 6.92 Å². The number of alkyl halides is 3. The van der Waals surface area contributed by atoms with Gasteiger partial charge in [0.1, 0.15) is 16.9 Å². The summed E-state index contributed by atoms with van der Waals surface area (Å²) in [6.07, 6.45) is -3.33. The number of carbonyl (C=O) groups is 2. The highest BCUT2D eigenvalue weighted by Gasteiger charge is 2.30. The van der Waals surface area contributed by atoms with Crippen molar-refractivity contribution in [3.63, 3.8) is 0 Å². The van der Waals surface area contributed by atoms with Crippen LogP contribution in [0.15, 0.2) is 57.9 Å². The Balaban J connectivity index is 1.91. The molecule has 0 aliphatic carbocycles. The zero-order chi connectivity index (χ0) is 22.8. The Morgan fingerprint density at radius 2 is 1.87 bits per heavy atom. The van der Waals surface area contributed by atoms with E-state index < -0.39 is 29.2 Å². The van der Waals surface area contributed by atoms with Crippen LogP contribution in [0.25, 0.3) is 5.69 Å². The Bertz CT molecular complexity index is 1190. The predicted molar refractivity (Wildman–Crippen MR) is 103 cm³/mol. The first-order valence-corrected chi connectivity index (χ1v) is 8.96. The first-order chi connectivity index (χ1) is 14.6. The van der Waals surface area contributed by atoms with Gasteiger partial charge in [-0.2, -0.15) is 13.2 Å². The van der Waals surface area contributed by atoms with Crippen LogP contribution in [-0.4, -0.2) is 23.6 Å². The molecule has 1 N–H and O–H groups in total. The smallest absolute Gasteiger partial charge is 0.416 e. The summed E-state index contributed by atoms with van der Waals surface area (Å²) >= 11 is 0. The Kier molecular flexibility index (Phi) is 6.00. The summed E-state index contributed by atoms with van der Waals surface area (Å²) in [6, 6.07) is 8.35. The van der Waals surface area contributed by atoms with Crippen molar-refractivity contribution in [1.29, 1.82) is 0 Å². The molecule has 0 saturated carbocycles. The molecule has 0 unspecified atom stereocenters. The summed E-state index contributed by atoms with van der Waals surface area (Å²) in [4.78, 5) is 37.1. The number of nitrogens with one attached hydrogen (secondary N) is 1. The minimum absolute atomic E-state index is 0.0222. The van der Waals surface area contributed by atoms with Crippen LogP contribution in [0.4, 0.5) is 13.2 Å². The van der Waals surface area contributed by atoms with Crippen molar-refractivity contribution in [3.8, 4) is 5.69 Å². The van der Waals surface area contributed by atoms with Crippen molar-refractivity contribution in [2.24, 2.45) is 0 Å². The molecule has 0 spiro atoms. The summed E-state index contributed by atoms with van der Waals surface area (Å²) < 4.78 is 49.9. The molecule has 3 rings (SSSR count). The number of hydrogen-bond donors (Lipinski definition) is 1. The van der Waals surface area contributed by atoms with Gasteiger partial charge in [0.05, 0.1) is 25.5 Å². The molecule has 162 valence electrons. The highest BCUT2D eigenvalue weighted by molar-refractivity contribution is 5.94. The lowest BCUT2D eigenvalue weighted by Crippen LogP contribution is -2.33. The van der Waals surface area contributed by atoms with E-state index in [2.05, 4.69) is 10.1 Å². The first kappa shape index (κ1) is 21.9. The van der Waals surface area contributed by atoms with Gasteiger partial charge in [-0.25, -0.2) is 4.79 Å². The van der Waals surface area contributed by atoms with Gasteiger partial charge in [0.2, 0.25) is 0 Å². The first-order valence-electron chi connectivity index (χ1n) is 8.96. The summed E-state index contributed by atoms with van der Waals surface area (Å²) in [5.74, 6) is -1.30. The van der Waals surface area contributed by atoms with Gasteiger partial charge in [-0.15, -0.1) is 0 Å². The Hall–Kier alpha value is -3.82. The van der Waals surface area contributed by atoms with E-state index in [4.69, 9.17) is 4.42 Å². The topological polar surface area (TPSA) is 90.5 Å². The molecule has 7 nitrogen and oxygen atoms in total. The molecule has 0 bridgehead atoms. The van der Waals surface area contributed by atoms with E-state index in [-0.39, 0.29) is 29.1 Å². The van der Waals surface area contributed by atoms with E-state index in [1.54, 1.807) is 0 Å². The average molecular weight is 434 g/mol. The molecular formula is C21H17F3N2O5. The molecular weight excluding hydrogens is 417 g/mol. The molecule has 1 amide bonds. The summed E-state index contributed by atoms with van der Waals surface area (Å²) in [5, 5.41) is 2.46. The van der Waals surface area contributed by atoms with E-state index in [0.717, 1.165) is 16.7 Å². The van der Waals surface area contributed by atoms with Gasteiger partial charge in [0.15, 0.2) is 0 Å². The van der Waals surface area contributed by atoms with E-state index in [9.17, 15) is 27.6 Å². The third-order valence-corrected chi connectivity index (χ3v) is 4.51. The SMILES string of the molecule is COC(=O)c1ccoc1CNC(=O)c1ccc(C)n(-c2cccc(C(F)(F)F)c2)c1=O. The van der Waals surface area contributed by atoms with Gasteiger partial charge in [-0.05, 0) is 43.3 Å². The number of aryl methyl sites for hydroxylation is 1. The monoisotopic (exact) mass is 434 g/mol. The van der Waals surface area contributed by atoms with Crippen LogP contribution < -0.4 is 10.9 Å². The van der Waals surface area contributed by atoms with Crippen LogP contribution in [-0.2, 0) is 17.5 Å². The molecule has 3 aromatic rings. The van der Waals surface area contributed by atoms with Crippen LogP contribution in [0.3, 0.4) is 0 Å². The number of benzene rings is 1. The minimum atomic E-state index is -4.58. The number of carbonyl (C=O) groups excluding carboxylic acids is 2. The number of furan rings is 1. The Morgan fingerprint density at radius 3 is 2.55 bits per heavy atom. The number of hydrogen-bond acceptors (Lipinski definition) is 5. The van der Waals surface area contributed by atoms with Gasteiger partial charge in [-0.1, -0.05) is 6.07 Å². The van der Waals surface area contributed by atoms with E-state index in [0.29, 0.717) is 5.69 Å². The number of methoxy groups -OCH3 is 1. The Morgan fingerprint density at radius 1 is 1.13 bits per heavy atom. The highest BCUT2D eigenvalue weighted by atomic mass is 19.4. The van der Waals surface area contributed by atoms with Crippen molar-refractivity contribution < 1.29 is 31.9 Å². The van der Waals surface area contributed by atoms with Crippen LogP contribution >= 0.6 is 0 Å². The lowest BCUT2D eigenvalue weighted by Gasteiger charge is -2.14. The van der Waals surface area contributed by atoms with Gasteiger partial charge in [-0.3, -0.25) is 14.2 Å². The van der Waals surface area contributed by atoms with Crippen molar-refractivity contribution in [1.82, 2.24) is 9.88 Å². The number of ether oxygens (including phenoxy) is 1. The molecule has 10 heteroatoms. The van der Waals surface area contributed by atoms with E-state index in [1.165, 1.54) is 50.6 Å². The second-order valence-corrected chi connectivity index (χ2v) is 6.51. The molecule has 0 saturated heterocycles. The lowest BCUT2D eigenvalue weighted by atomic mass is 10.1. The molecule has 1 aromatic carbocycles. The molecule has 0 radical (unpaired) electrons. The third kappa shape index (κ3) is 4.52. The fourth-order valence-corrected chi connectivity index (χ4v) is 2.97. The van der Waals surface area contributed by atoms with Gasteiger partial charge < -0.3 is 14.5 Å². The van der Waals surface area contributed by atoms with Crippen LogP contribution in [0.5, 0.6) is 0 Å². The number of pyridine rings is 1. The van der Waals surface area contributed by atoms with Crippen molar-refractivity contribution in [3.05, 3.63) is 87.2 Å². The molecule has 0 aliphatic heterocycles. The zero-order valence-corrected chi connectivity index (χ0v) is 16.4. The van der Waals surface area contributed by atoms with Gasteiger partial charge in [0.25, 0.3) is 11.5 Å². The maximum atomic E-state index is 13.0. The normalized spacial score (nSPS) is 11.3. The van der Waals surface area contributed by atoms with Crippen LogP contribution in [0.1, 0.15) is 37.7 Å². The number of rotatable bonds is 5. The lowest BCUT2D eigenvalue weighted by molar-refractivity contribution is -0.137. The highest BCUT2D eigenvalue weighted by Crippen LogP contribution is 2.30. The van der Waals surface area contributed by atoms with Gasteiger partial charge >= 0.3 is 12.1 Å².